The van der Waals surface area contributed by atoms with E-state index in [9.17, 15) is 0 Å². The van der Waals surface area contributed by atoms with E-state index in [1.165, 1.54) is 12.8 Å². The molecule has 0 bridgehead atoms. The lowest BCUT2D eigenvalue weighted by atomic mass is 10.4. The summed E-state index contributed by atoms with van der Waals surface area (Å²) < 4.78 is 11.3. The van der Waals surface area contributed by atoms with Gasteiger partial charge in [-0.3, -0.25) is 0 Å². The quantitative estimate of drug-likeness (QED) is 0.423. The van der Waals surface area contributed by atoms with Gasteiger partial charge in [-0.2, -0.15) is 0 Å². The summed E-state index contributed by atoms with van der Waals surface area (Å²) >= 11 is 0. The predicted octanol–water partition coefficient (Wildman–Crippen LogP) is 3.13. The van der Waals surface area contributed by atoms with Gasteiger partial charge < -0.3 is 8.85 Å². The maximum Gasteiger partial charge on any atom is 0.384 e. The van der Waals surface area contributed by atoms with Crippen molar-refractivity contribution in [3.63, 3.8) is 0 Å². The van der Waals surface area contributed by atoms with Crippen LogP contribution in [0.25, 0.3) is 0 Å². The summed E-state index contributed by atoms with van der Waals surface area (Å²) in [5.41, 5.74) is 0. The highest BCUT2D eigenvalue weighted by molar-refractivity contribution is 6.44. The third-order valence-corrected chi connectivity index (χ3v) is 3.44. The normalized spacial score (nSPS) is 11.1. The van der Waals surface area contributed by atoms with Crippen LogP contribution >= 0.6 is 0 Å². The van der Waals surface area contributed by atoms with Gasteiger partial charge in [-0.15, -0.1) is 0 Å². The van der Waals surface area contributed by atoms with Crippen LogP contribution in [0.2, 0.25) is 6.04 Å². The van der Waals surface area contributed by atoms with Crippen LogP contribution < -0.4 is 0 Å². The average molecular weight is 203 g/mol. The first-order valence-corrected chi connectivity index (χ1v) is 6.98. The Morgan fingerprint density at radius 2 is 1.31 bits per heavy atom. The van der Waals surface area contributed by atoms with Gasteiger partial charge in [0, 0.05) is 13.2 Å². The topological polar surface area (TPSA) is 18.5 Å². The number of hydrogen-bond acceptors (Lipinski definition) is 2. The minimum Gasteiger partial charge on any atom is -0.393 e. The van der Waals surface area contributed by atoms with Crippen LogP contribution in [0.3, 0.4) is 0 Å². The van der Waals surface area contributed by atoms with E-state index in [1.807, 2.05) is 0 Å². The van der Waals surface area contributed by atoms with Crippen molar-refractivity contribution in [2.45, 2.75) is 52.5 Å². The Morgan fingerprint density at radius 3 is 1.62 bits per heavy atom. The van der Waals surface area contributed by atoms with Crippen molar-refractivity contribution in [3.05, 3.63) is 0 Å². The van der Waals surface area contributed by atoms with E-state index in [4.69, 9.17) is 8.85 Å². The van der Waals surface area contributed by atoms with Crippen LogP contribution in [0.1, 0.15) is 46.5 Å². The number of rotatable bonds is 9. The molecule has 0 unspecified atom stereocenters. The van der Waals surface area contributed by atoms with Crippen LogP contribution in [0.5, 0.6) is 0 Å². The fourth-order valence-corrected chi connectivity index (χ4v) is 2.14. The minimum absolute atomic E-state index is 0.880. The third kappa shape index (κ3) is 8.47. The van der Waals surface area contributed by atoms with E-state index in [2.05, 4.69) is 20.8 Å². The smallest absolute Gasteiger partial charge is 0.384 e. The molecule has 1 radical (unpaired) electrons. The zero-order valence-electron chi connectivity index (χ0n) is 9.27. The highest BCUT2D eigenvalue weighted by atomic mass is 28.3. The Bertz CT molecular complexity index is 88.9. The van der Waals surface area contributed by atoms with Crippen LogP contribution in [-0.2, 0) is 8.85 Å². The molecule has 0 aliphatic carbocycles. The molecule has 0 heterocycles. The first-order valence-electron chi connectivity index (χ1n) is 5.46. The maximum absolute atomic E-state index is 5.66. The Balaban J connectivity index is 3.28. The molecule has 0 aromatic heterocycles. The molecule has 0 aromatic rings. The van der Waals surface area contributed by atoms with Gasteiger partial charge in [0.15, 0.2) is 0 Å². The molecular weight excluding hydrogens is 180 g/mol. The average Bonchev–Trinajstić information content (AvgIpc) is 2.16. The van der Waals surface area contributed by atoms with E-state index in [0.717, 1.165) is 32.1 Å². The molecule has 0 aromatic carbocycles. The van der Waals surface area contributed by atoms with Gasteiger partial charge in [-0.05, 0) is 18.9 Å². The molecule has 0 amide bonds. The molecule has 3 heteroatoms. The molecule has 0 saturated heterocycles. The molecule has 0 fully saturated rings. The Morgan fingerprint density at radius 1 is 0.846 bits per heavy atom. The summed E-state index contributed by atoms with van der Waals surface area (Å²) in [6, 6.07) is 1.05. The lowest BCUT2D eigenvalue weighted by molar-refractivity contribution is 0.192. The Hall–Kier alpha value is 0.137. The van der Waals surface area contributed by atoms with E-state index in [0.29, 0.717) is 0 Å². The second kappa shape index (κ2) is 10.2. The summed E-state index contributed by atoms with van der Waals surface area (Å²) in [5.74, 6) is 0. The van der Waals surface area contributed by atoms with Crippen molar-refractivity contribution in [1.29, 1.82) is 0 Å². The van der Waals surface area contributed by atoms with E-state index in [1.54, 1.807) is 0 Å². The van der Waals surface area contributed by atoms with Gasteiger partial charge in [0.1, 0.15) is 0 Å². The summed E-state index contributed by atoms with van der Waals surface area (Å²) in [7, 11) is -0.929. The first kappa shape index (κ1) is 13.1. The van der Waals surface area contributed by atoms with Crippen molar-refractivity contribution in [2.75, 3.05) is 13.2 Å². The zero-order chi connectivity index (χ0) is 9.94. The monoisotopic (exact) mass is 203 g/mol. The molecule has 0 aliphatic rings. The summed E-state index contributed by atoms with van der Waals surface area (Å²) in [5, 5.41) is 0. The van der Waals surface area contributed by atoms with Gasteiger partial charge >= 0.3 is 9.28 Å². The van der Waals surface area contributed by atoms with Crippen molar-refractivity contribution in [3.8, 4) is 0 Å². The fraction of sp³-hybridized carbons (Fsp3) is 1.00. The lowest BCUT2D eigenvalue weighted by Crippen LogP contribution is -2.22. The summed E-state index contributed by atoms with van der Waals surface area (Å²) in [6.07, 6.45) is 4.72. The third-order valence-electron chi connectivity index (χ3n) is 1.81. The van der Waals surface area contributed by atoms with Crippen molar-refractivity contribution >= 4 is 9.28 Å². The fourth-order valence-electron chi connectivity index (χ4n) is 0.906. The highest BCUT2D eigenvalue weighted by Gasteiger charge is 2.11. The van der Waals surface area contributed by atoms with E-state index >= 15 is 0 Å². The van der Waals surface area contributed by atoms with Crippen molar-refractivity contribution in [2.24, 2.45) is 0 Å². The molecule has 2 nitrogen and oxygen atoms in total. The lowest BCUT2D eigenvalue weighted by Gasteiger charge is -2.12. The Kier molecular flexibility index (Phi) is 10.3. The molecule has 0 aliphatic heterocycles. The van der Waals surface area contributed by atoms with Crippen molar-refractivity contribution in [1.82, 2.24) is 0 Å². The summed E-state index contributed by atoms with van der Waals surface area (Å²) in [4.78, 5) is 0. The maximum atomic E-state index is 5.66. The van der Waals surface area contributed by atoms with E-state index in [-0.39, 0.29) is 0 Å². The second-order valence-corrected chi connectivity index (χ2v) is 5.16. The molecule has 0 rings (SSSR count). The SMILES string of the molecule is CCCCO[Si](CC)OCCCC. The van der Waals surface area contributed by atoms with Gasteiger partial charge in [0.2, 0.25) is 0 Å². The van der Waals surface area contributed by atoms with Crippen LogP contribution in [0.4, 0.5) is 0 Å². The molecule has 0 spiro atoms. The standard InChI is InChI=1S/C10H23O2Si/c1-4-7-9-11-13(6-3)12-10-8-5-2/h4-10H2,1-3H3. The van der Waals surface area contributed by atoms with Gasteiger partial charge in [0.25, 0.3) is 0 Å². The molecule has 0 N–H and O–H groups in total. The predicted molar refractivity (Wildman–Crippen MR) is 58.0 cm³/mol. The molecule has 13 heavy (non-hydrogen) atoms. The van der Waals surface area contributed by atoms with Crippen LogP contribution in [-0.4, -0.2) is 22.5 Å². The van der Waals surface area contributed by atoms with E-state index < -0.39 is 9.28 Å². The molecule has 0 atom stereocenters. The minimum atomic E-state index is -0.929. The van der Waals surface area contributed by atoms with Crippen LogP contribution in [0.15, 0.2) is 0 Å². The van der Waals surface area contributed by atoms with Gasteiger partial charge in [-0.1, -0.05) is 33.6 Å². The molecular formula is C10H23O2Si. The first-order chi connectivity index (χ1) is 6.35. The van der Waals surface area contributed by atoms with Gasteiger partial charge in [0.05, 0.1) is 0 Å². The molecule has 0 saturated carbocycles. The zero-order valence-corrected chi connectivity index (χ0v) is 10.3. The Labute approximate surface area is 84.5 Å². The molecule has 79 valence electrons. The summed E-state index contributed by atoms with van der Waals surface area (Å²) in [6.45, 7) is 8.26. The largest absolute Gasteiger partial charge is 0.393 e. The van der Waals surface area contributed by atoms with Crippen molar-refractivity contribution < 1.29 is 8.85 Å². The van der Waals surface area contributed by atoms with Crippen LogP contribution in [0, 0.1) is 0 Å². The number of hydrogen-bond donors (Lipinski definition) is 0. The second-order valence-electron chi connectivity index (χ2n) is 3.13. The van der Waals surface area contributed by atoms with Gasteiger partial charge in [-0.25, -0.2) is 0 Å². The highest BCUT2D eigenvalue weighted by Crippen LogP contribution is 2.00. The number of unbranched alkanes of at least 4 members (excludes halogenated alkanes) is 2.